The highest BCUT2D eigenvalue weighted by Crippen LogP contribution is 2.34. The van der Waals surface area contributed by atoms with Crippen LogP contribution < -0.4 is 10.5 Å². The van der Waals surface area contributed by atoms with Crippen LogP contribution in [0.3, 0.4) is 0 Å². The van der Waals surface area contributed by atoms with Gasteiger partial charge in [-0.2, -0.15) is 5.10 Å². The van der Waals surface area contributed by atoms with E-state index in [1.165, 1.54) is 0 Å². The molecule has 0 unspecified atom stereocenters. The van der Waals surface area contributed by atoms with Crippen LogP contribution in [0.1, 0.15) is 10.4 Å². The van der Waals surface area contributed by atoms with Crippen molar-refractivity contribution in [3.05, 3.63) is 54.4 Å². The first-order valence-corrected chi connectivity index (χ1v) is 12.3. The van der Waals surface area contributed by atoms with Crippen LogP contribution in [-0.2, 0) is 0 Å². The first-order chi connectivity index (χ1) is 17.9. The minimum Gasteiger partial charge on any atom is -0.496 e. The Labute approximate surface area is 216 Å². The molecule has 10 heteroatoms. The van der Waals surface area contributed by atoms with Crippen LogP contribution in [0.2, 0.25) is 0 Å². The van der Waals surface area contributed by atoms with E-state index < -0.39 is 0 Å². The number of methoxy groups -OCH3 is 1. The van der Waals surface area contributed by atoms with Gasteiger partial charge in [-0.25, -0.2) is 9.97 Å². The molecule has 0 atom stereocenters. The Bertz CT molecular complexity index is 1410. The number of piperazine rings is 1. The number of benzene rings is 1. The highest BCUT2D eigenvalue weighted by atomic mass is 16.5. The van der Waals surface area contributed by atoms with Gasteiger partial charge >= 0.3 is 0 Å². The molecule has 192 valence electrons. The maximum Gasteiger partial charge on any atom is 0.257 e. The average Bonchev–Trinajstić information content (AvgIpc) is 3.35. The van der Waals surface area contributed by atoms with Crippen LogP contribution in [0.4, 0.5) is 5.82 Å². The molecule has 0 aliphatic carbocycles. The zero-order valence-corrected chi connectivity index (χ0v) is 21.4. The number of nitrogens with zero attached hydrogens (tertiary/aromatic N) is 6. The van der Waals surface area contributed by atoms with Crippen LogP contribution in [-0.4, -0.2) is 101 Å². The number of ether oxygens (including phenoxy) is 1. The Balaban J connectivity index is 1.40. The Morgan fingerprint density at radius 1 is 1.08 bits per heavy atom. The lowest BCUT2D eigenvalue weighted by molar-refractivity contribution is 0.0630. The molecule has 0 radical (unpaired) electrons. The Morgan fingerprint density at radius 3 is 2.57 bits per heavy atom. The molecule has 1 aliphatic heterocycles. The fraction of sp³-hybridized carbons (Fsp3) is 0.333. The van der Waals surface area contributed by atoms with Crippen LogP contribution >= 0.6 is 0 Å². The van der Waals surface area contributed by atoms with Crippen molar-refractivity contribution in [1.82, 2.24) is 34.9 Å². The lowest BCUT2D eigenvalue weighted by Gasteiger charge is -2.35. The number of nitrogen functional groups attached to an aromatic ring is 1. The Kier molecular flexibility index (Phi) is 7.02. The highest BCUT2D eigenvalue weighted by Gasteiger charge is 2.24. The van der Waals surface area contributed by atoms with Gasteiger partial charge in [-0.05, 0) is 38.4 Å². The van der Waals surface area contributed by atoms with Crippen molar-refractivity contribution in [3.8, 4) is 28.1 Å². The number of H-pyrrole nitrogens is 1. The largest absolute Gasteiger partial charge is 0.496 e. The van der Waals surface area contributed by atoms with Gasteiger partial charge in [0.15, 0.2) is 5.65 Å². The first-order valence-electron chi connectivity index (χ1n) is 12.3. The van der Waals surface area contributed by atoms with Gasteiger partial charge in [0.05, 0.1) is 12.7 Å². The molecule has 10 nitrogen and oxygen atoms in total. The van der Waals surface area contributed by atoms with E-state index in [2.05, 4.69) is 44.1 Å². The maximum absolute atomic E-state index is 13.4. The molecule has 0 saturated carbocycles. The third kappa shape index (κ3) is 5.11. The fourth-order valence-corrected chi connectivity index (χ4v) is 4.60. The van der Waals surface area contributed by atoms with E-state index in [4.69, 9.17) is 10.5 Å². The Morgan fingerprint density at radius 2 is 1.81 bits per heavy atom. The van der Waals surface area contributed by atoms with Crippen molar-refractivity contribution in [2.75, 3.05) is 66.2 Å². The molecule has 3 N–H and O–H groups in total. The van der Waals surface area contributed by atoms with Crippen LogP contribution in [0.25, 0.3) is 33.4 Å². The average molecular weight is 501 g/mol. The predicted molar refractivity (Wildman–Crippen MR) is 144 cm³/mol. The van der Waals surface area contributed by atoms with Gasteiger partial charge in [0, 0.05) is 73.7 Å². The normalized spacial score (nSPS) is 14.4. The summed E-state index contributed by atoms with van der Waals surface area (Å²) in [6.45, 7) is 5.02. The lowest BCUT2D eigenvalue weighted by Crippen LogP contribution is -2.50. The summed E-state index contributed by atoms with van der Waals surface area (Å²) in [6, 6.07) is 11.5. The molecule has 3 aromatic heterocycles. The van der Waals surface area contributed by atoms with Crippen LogP contribution in [0, 0.1) is 0 Å². The zero-order valence-electron chi connectivity index (χ0n) is 21.4. The summed E-state index contributed by atoms with van der Waals surface area (Å²) in [4.78, 5) is 28.7. The predicted octanol–water partition coefficient (Wildman–Crippen LogP) is 2.60. The number of aromatic nitrogens is 4. The second-order valence-electron chi connectivity index (χ2n) is 9.49. The number of amides is 1. The molecule has 1 aromatic carbocycles. The topological polar surface area (TPSA) is 116 Å². The summed E-state index contributed by atoms with van der Waals surface area (Å²) in [5.74, 6) is 0.868. The van der Waals surface area contributed by atoms with Crippen molar-refractivity contribution < 1.29 is 9.53 Å². The summed E-state index contributed by atoms with van der Waals surface area (Å²) < 4.78 is 5.53. The van der Waals surface area contributed by atoms with E-state index in [9.17, 15) is 4.79 Å². The first kappa shape index (κ1) is 24.7. The monoisotopic (exact) mass is 500 g/mol. The smallest absolute Gasteiger partial charge is 0.257 e. The number of carbonyl (C=O) groups excluding carboxylic acids is 1. The maximum atomic E-state index is 13.4. The minimum absolute atomic E-state index is 0.0915. The van der Waals surface area contributed by atoms with Gasteiger partial charge < -0.3 is 20.3 Å². The van der Waals surface area contributed by atoms with Gasteiger partial charge in [0.1, 0.15) is 17.3 Å². The zero-order chi connectivity index (χ0) is 25.9. The summed E-state index contributed by atoms with van der Waals surface area (Å²) >= 11 is 0. The Hall–Kier alpha value is -4.02. The molecule has 37 heavy (non-hydrogen) atoms. The van der Waals surface area contributed by atoms with E-state index in [1.807, 2.05) is 41.3 Å². The number of likely N-dealkylation sites (N-methyl/N-ethyl adjacent to an activating group) is 1. The summed E-state index contributed by atoms with van der Waals surface area (Å²) in [5.41, 5.74) is 10.4. The number of para-hydroxylation sites is 1. The minimum atomic E-state index is -0.0915. The van der Waals surface area contributed by atoms with E-state index in [0.29, 0.717) is 24.3 Å². The molecular formula is C27H32N8O2. The SMILES string of the molecule is COc1ccccc1-c1n[nH]c2ncc(-c3cnc(N)c(C(=O)N4CCN(CCN(C)C)CC4)c3)cc12. The number of aromatic amines is 1. The van der Waals surface area contributed by atoms with E-state index >= 15 is 0 Å². The van der Waals surface area contributed by atoms with E-state index in [1.54, 1.807) is 19.5 Å². The number of hydrogen-bond donors (Lipinski definition) is 2. The number of pyridine rings is 2. The molecule has 1 saturated heterocycles. The van der Waals surface area contributed by atoms with Crippen LogP contribution in [0.5, 0.6) is 5.75 Å². The summed E-state index contributed by atoms with van der Waals surface area (Å²) in [7, 11) is 5.78. The molecule has 4 aromatic rings. The van der Waals surface area contributed by atoms with Gasteiger partial charge in [-0.15, -0.1) is 0 Å². The summed E-state index contributed by atoms with van der Waals surface area (Å²) in [5, 5.41) is 8.33. The molecule has 0 bridgehead atoms. The quantitative estimate of drug-likeness (QED) is 0.398. The molecule has 1 aliphatic rings. The number of rotatable bonds is 7. The number of fused-ring (bicyclic) bond motifs is 1. The number of nitrogens with one attached hydrogen (secondary N) is 1. The third-order valence-electron chi connectivity index (χ3n) is 6.78. The van der Waals surface area contributed by atoms with E-state index in [-0.39, 0.29) is 11.7 Å². The molecule has 1 amide bonds. The highest BCUT2D eigenvalue weighted by molar-refractivity contribution is 6.00. The number of anilines is 1. The number of nitrogens with two attached hydrogens (primary N) is 1. The fourth-order valence-electron chi connectivity index (χ4n) is 4.60. The van der Waals surface area contributed by atoms with Gasteiger partial charge in [0.2, 0.25) is 0 Å². The lowest BCUT2D eigenvalue weighted by atomic mass is 10.0. The molecule has 4 heterocycles. The molecule has 5 rings (SSSR count). The summed E-state index contributed by atoms with van der Waals surface area (Å²) in [6.07, 6.45) is 3.43. The van der Waals surface area contributed by atoms with Crippen LogP contribution in [0.15, 0.2) is 48.8 Å². The van der Waals surface area contributed by atoms with Crippen molar-refractivity contribution in [2.24, 2.45) is 0 Å². The number of hydrogen-bond acceptors (Lipinski definition) is 8. The van der Waals surface area contributed by atoms with Crippen molar-refractivity contribution in [2.45, 2.75) is 0 Å². The second kappa shape index (κ2) is 10.5. The van der Waals surface area contributed by atoms with Gasteiger partial charge in [0.25, 0.3) is 5.91 Å². The van der Waals surface area contributed by atoms with Crippen molar-refractivity contribution in [1.29, 1.82) is 0 Å². The third-order valence-corrected chi connectivity index (χ3v) is 6.78. The van der Waals surface area contributed by atoms with Gasteiger partial charge in [-0.3, -0.25) is 14.8 Å². The van der Waals surface area contributed by atoms with E-state index in [0.717, 1.165) is 59.7 Å². The molecule has 0 spiro atoms. The van der Waals surface area contributed by atoms with Crippen molar-refractivity contribution in [3.63, 3.8) is 0 Å². The standard InChI is InChI=1S/C27H32N8O2/c1-33(2)8-9-34-10-12-35(13-11-34)27(36)22-15-19(16-29-25(22)28)18-14-21-24(31-32-26(21)30-17-18)20-6-4-5-7-23(20)37-3/h4-7,14-17H,8-13H2,1-3H3,(H2,28,29)(H,30,31,32). The molecular weight excluding hydrogens is 468 g/mol. The van der Waals surface area contributed by atoms with Crippen molar-refractivity contribution >= 4 is 22.8 Å². The van der Waals surface area contributed by atoms with Gasteiger partial charge in [-0.1, -0.05) is 12.1 Å². The second-order valence-corrected chi connectivity index (χ2v) is 9.49. The molecule has 1 fully saturated rings. The number of carbonyl (C=O) groups is 1.